The lowest BCUT2D eigenvalue weighted by Crippen LogP contribution is -2.31. The third-order valence-corrected chi connectivity index (χ3v) is 3.69. The zero-order valence-corrected chi connectivity index (χ0v) is 11.2. The van der Waals surface area contributed by atoms with E-state index < -0.39 is 5.60 Å². The van der Waals surface area contributed by atoms with Gasteiger partial charge in [-0.3, -0.25) is 0 Å². The van der Waals surface area contributed by atoms with Gasteiger partial charge in [-0.1, -0.05) is 12.1 Å². The number of hydrogen-bond acceptors (Lipinski definition) is 3. The first kappa shape index (κ1) is 13.3. The van der Waals surface area contributed by atoms with Gasteiger partial charge in [0.15, 0.2) is 0 Å². The summed E-state index contributed by atoms with van der Waals surface area (Å²) in [6, 6.07) is 5.23. The van der Waals surface area contributed by atoms with Crippen molar-refractivity contribution in [2.24, 2.45) is 0 Å². The minimum absolute atomic E-state index is 0.0845. The molecular weight excluding hydrogens is 231 g/mol. The van der Waals surface area contributed by atoms with Gasteiger partial charge in [-0.05, 0) is 38.9 Å². The molecule has 1 fully saturated rings. The van der Waals surface area contributed by atoms with Crippen molar-refractivity contribution >= 4 is 5.69 Å². The number of aliphatic hydroxyl groups is 1. The summed E-state index contributed by atoms with van der Waals surface area (Å²) < 4.78 is 14.1. The van der Waals surface area contributed by atoms with E-state index in [9.17, 15) is 9.50 Å². The fourth-order valence-corrected chi connectivity index (χ4v) is 2.51. The zero-order chi connectivity index (χ0) is 13.3. The van der Waals surface area contributed by atoms with Crippen molar-refractivity contribution in [2.45, 2.75) is 31.9 Å². The maximum atomic E-state index is 14.1. The second-order valence-electron chi connectivity index (χ2n) is 5.36. The van der Waals surface area contributed by atoms with Crippen LogP contribution in [0.1, 0.15) is 31.9 Å². The van der Waals surface area contributed by atoms with Crippen molar-refractivity contribution in [1.29, 1.82) is 0 Å². The summed E-state index contributed by atoms with van der Waals surface area (Å²) >= 11 is 0. The normalized spacial score (nSPS) is 25.5. The molecule has 0 bridgehead atoms. The minimum Gasteiger partial charge on any atom is -0.388 e. The van der Waals surface area contributed by atoms with E-state index >= 15 is 0 Å². The summed E-state index contributed by atoms with van der Waals surface area (Å²) in [5, 5.41) is 13.2. The lowest BCUT2D eigenvalue weighted by atomic mass is 10.0. The molecule has 1 aromatic carbocycles. The number of nitrogens with zero attached hydrogens (tertiary/aromatic N) is 1. The third kappa shape index (κ3) is 2.49. The van der Waals surface area contributed by atoms with E-state index in [0.717, 1.165) is 5.56 Å². The van der Waals surface area contributed by atoms with Crippen molar-refractivity contribution < 1.29 is 9.50 Å². The fourth-order valence-electron chi connectivity index (χ4n) is 2.51. The molecule has 18 heavy (non-hydrogen) atoms. The number of halogens is 1. The monoisotopic (exact) mass is 252 g/mol. The zero-order valence-electron chi connectivity index (χ0n) is 11.2. The van der Waals surface area contributed by atoms with Crippen LogP contribution in [-0.2, 0) is 0 Å². The van der Waals surface area contributed by atoms with Crippen molar-refractivity contribution in [1.82, 2.24) is 5.32 Å². The Labute approximate surface area is 108 Å². The quantitative estimate of drug-likeness (QED) is 0.864. The molecule has 0 saturated carbocycles. The molecule has 1 aliphatic rings. The standard InChI is InChI=1S/C14H21FN2O/c1-10(16-3)11-5-4-6-12(15)13(11)17-8-7-14(2,18)9-17/h4-6,10,16,18H,7-9H2,1-3H3. The molecule has 2 atom stereocenters. The van der Waals surface area contributed by atoms with Crippen LogP contribution in [-0.4, -0.2) is 30.8 Å². The maximum Gasteiger partial charge on any atom is 0.146 e. The van der Waals surface area contributed by atoms with Crippen LogP contribution < -0.4 is 10.2 Å². The molecule has 2 unspecified atom stereocenters. The molecule has 2 rings (SSSR count). The van der Waals surface area contributed by atoms with Gasteiger partial charge in [0.2, 0.25) is 0 Å². The van der Waals surface area contributed by atoms with Gasteiger partial charge in [0.05, 0.1) is 11.3 Å². The molecule has 1 saturated heterocycles. The summed E-state index contributed by atoms with van der Waals surface area (Å²) in [7, 11) is 1.86. The van der Waals surface area contributed by atoms with Gasteiger partial charge < -0.3 is 15.3 Å². The number of benzene rings is 1. The van der Waals surface area contributed by atoms with Gasteiger partial charge in [-0.2, -0.15) is 0 Å². The largest absolute Gasteiger partial charge is 0.388 e. The molecule has 1 heterocycles. The van der Waals surface area contributed by atoms with E-state index in [2.05, 4.69) is 5.32 Å². The first-order chi connectivity index (χ1) is 8.44. The van der Waals surface area contributed by atoms with Gasteiger partial charge >= 0.3 is 0 Å². The highest BCUT2D eigenvalue weighted by molar-refractivity contribution is 5.57. The van der Waals surface area contributed by atoms with Crippen LogP contribution in [0.5, 0.6) is 0 Å². The van der Waals surface area contributed by atoms with E-state index in [-0.39, 0.29) is 11.9 Å². The average Bonchev–Trinajstić information content (AvgIpc) is 2.68. The number of para-hydroxylation sites is 1. The molecule has 0 radical (unpaired) electrons. The van der Waals surface area contributed by atoms with Gasteiger partial charge in [-0.15, -0.1) is 0 Å². The molecule has 0 spiro atoms. The van der Waals surface area contributed by atoms with E-state index in [0.29, 0.717) is 25.2 Å². The Morgan fingerprint density at radius 2 is 2.22 bits per heavy atom. The van der Waals surface area contributed by atoms with E-state index in [1.807, 2.05) is 24.9 Å². The Hall–Kier alpha value is -1.13. The summed E-state index contributed by atoms with van der Waals surface area (Å²) in [5.41, 5.74) is 0.843. The average molecular weight is 252 g/mol. The van der Waals surface area contributed by atoms with Crippen molar-refractivity contribution in [3.63, 3.8) is 0 Å². The molecule has 4 heteroatoms. The van der Waals surface area contributed by atoms with Gasteiger partial charge in [0, 0.05) is 19.1 Å². The molecule has 0 aromatic heterocycles. The minimum atomic E-state index is -0.720. The van der Waals surface area contributed by atoms with Gasteiger partial charge in [0.25, 0.3) is 0 Å². The van der Waals surface area contributed by atoms with Crippen molar-refractivity contribution in [2.75, 3.05) is 25.0 Å². The molecule has 1 aromatic rings. The molecular formula is C14H21FN2O. The molecule has 100 valence electrons. The Kier molecular flexibility index (Phi) is 3.59. The second-order valence-corrected chi connectivity index (χ2v) is 5.36. The van der Waals surface area contributed by atoms with Crippen LogP contribution >= 0.6 is 0 Å². The van der Waals surface area contributed by atoms with Crippen molar-refractivity contribution in [3.8, 4) is 0 Å². The first-order valence-electron chi connectivity index (χ1n) is 6.37. The van der Waals surface area contributed by atoms with Gasteiger partial charge in [-0.25, -0.2) is 4.39 Å². The van der Waals surface area contributed by atoms with Crippen LogP contribution in [0.4, 0.5) is 10.1 Å². The highest BCUT2D eigenvalue weighted by Crippen LogP contribution is 2.34. The smallest absolute Gasteiger partial charge is 0.146 e. The lowest BCUT2D eigenvalue weighted by Gasteiger charge is -2.26. The van der Waals surface area contributed by atoms with Crippen LogP contribution in [0.15, 0.2) is 18.2 Å². The molecule has 0 aliphatic carbocycles. The lowest BCUT2D eigenvalue weighted by molar-refractivity contribution is 0.0839. The SMILES string of the molecule is CNC(C)c1cccc(F)c1N1CCC(C)(O)C1. The predicted octanol–water partition coefficient (Wildman–Crippen LogP) is 2.07. The highest BCUT2D eigenvalue weighted by atomic mass is 19.1. The molecule has 1 aliphatic heterocycles. The van der Waals surface area contributed by atoms with E-state index in [4.69, 9.17) is 0 Å². The topological polar surface area (TPSA) is 35.5 Å². The Morgan fingerprint density at radius 1 is 1.50 bits per heavy atom. The third-order valence-electron chi connectivity index (χ3n) is 3.69. The van der Waals surface area contributed by atoms with Crippen molar-refractivity contribution in [3.05, 3.63) is 29.6 Å². The number of anilines is 1. The number of rotatable bonds is 3. The van der Waals surface area contributed by atoms with Crippen LogP contribution in [0.3, 0.4) is 0 Å². The van der Waals surface area contributed by atoms with E-state index in [1.54, 1.807) is 13.0 Å². The highest BCUT2D eigenvalue weighted by Gasteiger charge is 2.33. The van der Waals surface area contributed by atoms with Crippen LogP contribution in [0, 0.1) is 5.82 Å². The molecule has 2 N–H and O–H groups in total. The molecule has 0 amide bonds. The maximum absolute atomic E-state index is 14.1. The first-order valence-corrected chi connectivity index (χ1v) is 6.37. The van der Waals surface area contributed by atoms with E-state index in [1.165, 1.54) is 6.07 Å². The Bertz CT molecular complexity index is 434. The Morgan fingerprint density at radius 3 is 2.78 bits per heavy atom. The van der Waals surface area contributed by atoms with Crippen LogP contribution in [0.25, 0.3) is 0 Å². The number of nitrogens with one attached hydrogen (secondary N) is 1. The fraction of sp³-hybridized carbons (Fsp3) is 0.571. The summed E-state index contributed by atoms with van der Waals surface area (Å²) in [4.78, 5) is 1.94. The van der Waals surface area contributed by atoms with Crippen LogP contribution in [0.2, 0.25) is 0 Å². The number of hydrogen-bond donors (Lipinski definition) is 2. The summed E-state index contributed by atoms with van der Waals surface area (Å²) in [6.07, 6.45) is 0.675. The summed E-state index contributed by atoms with van der Waals surface area (Å²) in [6.45, 7) is 4.98. The Balaban J connectivity index is 2.37. The summed E-state index contributed by atoms with van der Waals surface area (Å²) in [5.74, 6) is -0.215. The predicted molar refractivity (Wildman–Crippen MR) is 71.3 cm³/mol. The molecule has 3 nitrogen and oxygen atoms in total. The second kappa shape index (κ2) is 4.86. The number of β-amino-alcohol motifs (C(OH)–C–C–N with tert-alkyl or cyclic N) is 1. The van der Waals surface area contributed by atoms with Gasteiger partial charge in [0.1, 0.15) is 5.82 Å².